The van der Waals surface area contributed by atoms with Gasteiger partial charge in [0.25, 0.3) is 0 Å². The van der Waals surface area contributed by atoms with Crippen LogP contribution in [0.1, 0.15) is 24.2 Å². The molecule has 0 amide bonds. The third-order valence-corrected chi connectivity index (χ3v) is 3.52. The maximum atomic E-state index is 5.91. The number of aromatic nitrogens is 2. The van der Waals surface area contributed by atoms with Crippen LogP contribution in [0.3, 0.4) is 0 Å². The molecule has 0 saturated carbocycles. The molecule has 0 aliphatic carbocycles. The first-order chi connectivity index (χ1) is 10.1. The van der Waals surface area contributed by atoms with Crippen molar-refractivity contribution < 1.29 is 0 Å². The van der Waals surface area contributed by atoms with Crippen LogP contribution < -0.4 is 11.1 Å². The summed E-state index contributed by atoms with van der Waals surface area (Å²) in [6.07, 6.45) is 3.66. The quantitative estimate of drug-likeness (QED) is 0.717. The molecule has 4 heteroatoms. The summed E-state index contributed by atoms with van der Waals surface area (Å²) in [6.45, 7) is 4.11. The van der Waals surface area contributed by atoms with E-state index < -0.39 is 0 Å². The predicted molar refractivity (Wildman–Crippen MR) is 87.2 cm³/mol. The molecule has 21 heavy (non-hydrogen) atoms. The van der Waals surface area contributed by atoms with Crippen LogP contribution in [0, 0.1) is 6.92 Å². The Hall–Kier alpha value is -2.62. The fourth-order valence-corrected chi connectivity index (χ4v) is 2.44. The topological polar surface area (TPSA) is 63.8 Å². The molecule has 1 unspecified atom stereocenters. The van der Waals surface area contributed by atoms with Crippen molar-refractivity contribution in [1.82, 2.24) is 9.97 Å². The summed E-state index contributed by atoms with van der Waals surface area (Å²) in [5, 5.41) is 4.57. The summed E-state index contributed by atoms with van der Waals surface area (Å²) in [6, 6.07) is 12.0. The number of pyridine rings is 2. The number of nitrogen functional groups attached to an aromatic ring is 1. The molecule has 1 atom stereocenters. The van der Waals surface area contributed by atoms with E-state index in [-0.39, 0.29) is 6.04 Å². The number of rotatable bonds is 3. The Balaban J connectivity index is 2.02. The molecule has 0 aliphatic heterocycles. The van der Waals surface area contributed by atoms with Gasteiger partial charge in [-0.25, -0.2) is 0 Å². The first kappa shape index (κ1) is 13.4. The zero-order chi connectivity index (χ0) is 14.8. The largest absolute Gasteiger partial charge is 0.399 e. The van der Waals surface area contributed by atoms with E-state index in [1.54, 1.807) is 6.20 Å². The van der Waals surface area contributed by atoms with Crippen molar-refractivity contribution in [2.75, 3.05) is 11.1 Å². The third kappa shape index (κ3) is 2.79. The molecule has 0 aliphatic rings. The summed E-state index contributed by atoms with van der Waals surface area (Å²) < 4.78 is 0. The Bertz CT molecular complexity index is 768. The number of nitrogens with zero attached hydrogens (tertiary/aromatic N) is 2. The van der Waals surface area contributed by atoms with Gasteiger partial charge < -0.3 is 11.1 Å². The highest BCUT2D eigenvalue weighted by Crippen LogP contribution is 2.28. The van der Waals surface area contributed by atoms with E-state index in [0.29, 0.717) is 0 Å². The van der Waals surface area contributed by atoms with Gasteiger partial charge in [-0.2, -0.15) is 0 Å². The van der Waals surface area contributed by atoms with Crippen LogP contribution in [0.5, 0.6) is 0 Å². The molecule has 2 heterocycles. The minimum Gasteiger partial charge on any atom is -0.399 e. The van der Waals surface area contributed by atoms with Gasteiger partial charge in [0.2, 0.25) is 0 Å². The Morgan fingerprint density at radius 2 is 2.05 bits per heavy atom. The fraction of sp³-hybridized carbons (Fsp3) is 0.176. The van der Waals surface area contributed by atoms with E-state index in [0.717, 1.165) is 33.5 Å². The van der Waals surface area contributed by atoms with Crippen molar-refractivity contribution in [3.8, 4) is 0 Å². The van der Waals surface area contributed by atoms with Crippen LogP contribution in [-0.2, 0) is 0 Å². The molecule has 0 radical (unpaired) electrons. The monoisotopic (exact) mass is 278 g/mol. The maximum absolute atomic E-state index is 5.91. The van der Waals surface area contributed by atoms with Crippen LogP contribution in [0.15, 0.2) is 48.8 Å². The van der Waals surface area contributed by atoms with Gasteiger partial charge in [0.05, 0.1) is 11.6 Å². The van der Waals surface area contributed by atoms with Gasteiger partial charge in [0.15, 0.2) is 0 Å². The Morgan fingerprint density at radius 3 is 2.81 bits per heavy atom. The highest BCUT2D eigenvalue weighted by atomic mass is 14.9. The lowest BCUT2D eigenvalue weighted by atomic mass is 10.1. The van der Waals surface area contributed by atoms with Crippen molar-refractivity contribution in [3.63, 3.8) is 0 Å². The first-order valence-electron chi connectivity index (χ1n) is 6.97. The Morgan fingerprint density at radius 1 is 1.19 bits per heavy atom. The molecule has 106 valence electrons. The van der Waals surface area contributed by atoms with E-state index in [2.05, 4.69) is 34.3 Å². The second kappa shape index (κ2) is 5.40. The summed E-state index contributed by atoms with van der Waals surface area (Å²) in [4.78, 5) is 8.72. The molecule has 0 saturated heterocycles. The first-order valence-corrected chi connectivity index (χ1v) is 6.97. The maximum Gasteiger partial charge on any atom is 0.0727 e. The number of benzene rings is 1. The van der Waals surface area contributed by atoms with Crippen molar-refractivity contribution in [2.45, 2.75) is 19.9 Å². The van der Waals surface area contributed by atoms with Gasteiger partial charge in [0.1, 0.15) is 0 Å². The molecule has 0 spiro atoms. The average Bonchev–Trinajstić information content (AvgIpc) is 2.49. The van der Waals surface area contributed by atoms with Crippen molar-refractivity contribution in [2.24, 2.45) is 0 Å². The number of aryl methyl sites for hydroxylation is 1. The molecule has 3 aromatic rings. The fourth-order valence-electron chi connectivity index (χ4n) is 2.44. The van der Waals surface area contributed by atoms with E-state index >= 15 is 0 Å². The SMILES string of the molecule is Cc1cc(NC(C)c2cccnc2)c2cc(N)ccc2n1. The molecule has 0 fully saturated rings. The molecule has 3 N–H and O–H groups in total. The van der Waals surface area contributed by atoms with Gasteiger partial charge >= 0.3 is 0 Å². The lowest BCUT2D eigenvalue weighted by Gasteiger charge is -2.17. The number of nitrogens with one attached hydrogen (secondary N) is 1. The smallest absolute Gasteiger partial charge is 0.0727 e. The van der Waals surface area contributed by atoms with Gasteiger partial charge in [-0.15, -0.1) is 0 Å². The van der Waals surface area contributed by atoms with E-state index in [9.17, 15) is 0 Å². The normalized spacial score (nSPS) is 12.3. The summed E-state index contributed by atoms with van der Waals surface area (Å²) >= 11 is 0. The lowest BCUT2D eigenvalue weighted by Crippen LogP contribution is -2.08. The zero-order valence-electron chi connectivity index (χ0n) is 12.2. The molecule has 3 rings (SSSR count). The van der Waals surface area contributed by atoms with E-state index in [1.807, 2.05) is 37.4 Å². The molecule has 4 nitrogen and oxygen atoms in total. The second-order valence-electron chi connectivity index (χ2n) is 5.24. The average molecular weight is 278 g/mol. The third-order valence-electron chi connectivity index (χ3n) is 3.52. The van der Waals surface area contributed by atoms with Crippen LogP contribution in [0.2, 0.25) is 0 Å². The van der Waals surface area contributed by atoms with Crippen LogP contribution >= 0.6 is 0 Å². The van der Waals surface area contributed by atoms with Crippen molar-refractivity contribution >= 4 is 22.3 Å². The minimum atomic E-state index is 0.158. The van der Waals surface area contributed by atoms with Gasteiger partial charge in [-0.1, -0.05) is 6.07 Å². The molecule has 0 bridgehead atoms. The molecule has 1 aromatic carbocycles. The zero-order valence-corrected chi connectivity index (χ0v) is 12.2. The summed E-state index contributed by atoms with van der Waals surface area (Å²) in [5.74, 6) is 0. The number of fused-ring (bicyclic) bond motifs is 1. The Labute approximate surface area is 124 Å². The van der Waals surface area contributed by atoms with E-state index in [4.69, 9.17) is 5.73 Å². The number of hydrogen-bond donors (Lipinski definition) is 2. The van der Waals surface area contributed by atoms with Crippen molar-refractivity contribution in [1.29, 1.82) is 0 Å². The number of nitrogens with two attached hydrogens (primary N) is 1. The second-order valence-corrected chi connectivity index (χ2v) is 5.24. The number of anilines is 2. The van der Waals surface area contributed by atoms with Gasteiger partial charge in [-0.3, -0.25) is 9.97 Å². The highest BCUT2D eigenvalue weighted by molar-refractivity contribution is 5.93. The van der Waals surface area contributed by atoms with E-state index in [1.165, 1.54) is 0 Å². The molecular weight excluding hydrogens is 260 g/mol. The summed E-state index contributed by atoms with van der Waals surface area (Å²) in [5.41, 5.74) is 10.8. The van der Waals surface area contributed by atoms with Gasteiger partial charge in [-0.05, 0) is 49.7 Å². The number of hydrogen-bond acceptors (Lipinski definition) is 4. The molecule has 2 aromatic heterocycles. The molecular formula is C17H18N4. The Kier molecular flexibility index (Phi) is 3.44. The van der Waals surface area contributed by atoms with Crippen LogP contribution in [0.25, 0.3) is 10.9 Å². The summed E-state index contributed by atoms with van der Waals surface area (Å²) in [7, 11) is 0. The predicted octanol–water partition coefficient (Wildman–Crippen LogP) is 3.69. The standard InChI is InChI=1S/C17H18N4/c1-11-8-17(15-9-14(18)5-6-16(15)20-11)21-12(2)13-4-3-7-19-10-13/h3-10,12H,18H2,1-2H3,(H,20,21). The van der Waals surface area contributed by atoms with Crippen LogP contribution in [0.4, 0.5) is 11.4 Å². The van der Waals surface area contributed by atoms with Crippen molar-refractivity contribution in [3.05, 3.63) is 60.0 Å². The highest BCUT2D eigenvalue weighted by Gasteiger charge is 2.09. The minimum absolute atomic E-state index is 0.158. The van der Waals surface area contributed by atoms with Gasteiger partial charge in [0, 0.05) is 34.8 Å². The lowest BCUT2D eigenvalue weighted by molar-refractivity contribution is 0.877. The van der Waals surface area contributed by atoms with Crippen LogP contribution in [-0.4, -0.2) is 9.97 Å².